The summed E-state index contributed by atoms with van der Waals surface area (Å²) < 4.78 is 5.63. The van der Waals surface area contributed by atoms with E-state index in [1.165, 1.54) is 25.7 Å². The van der Waals surface area contributed by atoms with Crippen molar-refractivity contribution < 1.29 is 4.74 Å². The number of nitrogens with zero attached hydrogens (tertiary/aromatic N) is 2. The van der Waals surface area contributed by atoms with Gasteiger partial charge in [0.05, 0.1) is 11.9 Å². The van der Waals surface area contributed by atoms with Crippen LogP contribution in [0, 0.1) is 5.41 Å². The minimum absolute atomic E-state index is 0.330. The number of aliphatic imine (C=N–C) groups is 1. The van der Waals surface area contributed by atoms with Crippen LogP contribution in [0.25, 0.3) is 11.3 Å². The molecule has 3 rings (SSSR count). The summed E-state index contributed by atoms with van der Waals surface area (Å²) in [6.45, 7) is 8.10. The Morgan fingerprint density at radius 2 is 1.97 bits per heavy atom. The molecule has 0 saturated heterocycles. The Labute approximate surface area is 174 Å². The highest BCUT2D eigenvalue weighted by molar-refractivity contribution is 5.79. The van der Waals surface area contributed by atoms with E-state index in [1.54, 1.807) is 0 Å². The highest BCUT2D eigenvalue weighted by atomic mass is 16.5. The summed E-state index contributed by atoms with van der Waals surface area (Å²) in [5.41, 5.74) is 2.49. The summed E-state index contributed by atoms with van der Waals surface area (Å²) in [5.74, 6) is 1.72. The third-order valence-electron chi connectivity index (χ3n) is 5.72. The van der Waals surface area contributed by atoms with E-state index in [0.29, 0.717) is 12.0 Å². The van der Waals surface area contributed by atoms with E-state index in [0.717, 1.165) is 55.8 Å². The zero-order valence-corrected chi connectivity index (χ0v) is 17.8. The van der Waals surface area contributed by atoms with Gasteiger partial charge in [0.1, 0.15) is 12.4 Å². The molecule has 3 N–H and O–H groups in total. The number of benzene rings is 1. The van der Waals surface area contributed by atoms with E-state index in [-0.39, 0.29) is 0 Å². The maximum absolute atomic E-state index is 5.63. The van der Waals surface area contributed by atoms with Crippen LogP contribution in [0.15, 0.2) is 41.5 Å². The molecule has 1 aromatic carbocycles. The summed E-state index contributed by atoms with van der Waals surface area (Å²) in [5, 5.41) is 6.95. The average molecular weight is 398 g/mol. The van der Waals surface area contributed by atoms with Gasteiger partial charge in [0.25, 0.3) is 0 Å². The van der Waals surface area contributed by atoms with Gasteiger partial charge in [0, 0.05) is 26.3 Å². The van der Waals surface area contributed by atoms with Crippen molar-refractivity contribution in [2.75, 3.05) is 26.3 Å². The molecule has 29 heavy (non-hydrogen) atoms. The van der Waals surface area contributed by atoms with Crippen molar-refractivity contribution in [2.45, 2.75) is 52.5 Å². The van der Waals surface area contributed by atoms with Gasteiger partial charge in [-0.2, -0.15) is 0 Å². The van der Waals surface area contributed by atoms with Crippen molar-refractivity contribution in [1.29, 1.82) is 0 Å². The molecule has 6 heteroatoms. The molecular formula is C23H35N5O. The Morgan fingerprint density at radius 1 is 1.17 bits per heavy atom. The van der Waals surface area contributed by atoms with Crippen molar-refractivity contribution in [3.63, 3.8) is 0 Å². The predicted octanol–water partition coefficient (Wildman–Crippen LogP) is 4.12. The minimum atomic E-state index is 0.330. The molecule has 0 amide bonds. The maximum atomic E-state index is 5.63. The second kappa shape index (κ2) is 11.0. The first kappa shape index (κ1) is 21.4. The molecule has 1 aliphatic rings. The molecule has 1 aromatic heterocycles. The minimum Gasteiger partial charge on any atom is -0.382 e. The lowest BCUT2D eigenvalue weighted by Crippen LogP contribution is -2.43. The van der Waals surface area contributed by atoms with Crippen LogP contribution >= 0.6 is 0 Å². The highest BCUT2D eigenvalue weighted by Crippen LogP contribution is 2.40. The number of aromatic amines is 1. The van der Waals surface area contributed by atoms with Crippen molar-refractivity contribution in [1.82, 2.24) is 20.6 Å². The van der Waals surface area contributed by atoms with Crippen LogP contribution in [-0.2, 0) is 11.3 Å². The Hall–Kier alpha value is -2.34. The van der Waals surface area contributed by atoms with Crippen molar-refractivity contribution in [3.8, 4) is 11.3 Å². The van der Waals surface area contributed by atoms with Crippen LogP contribution in [0.3, 0.4) is 0 Å². The summed E-state index contributed by atoms with van der Waals surface area (Å²) in [6.07, 6.45) is 8.16. The molecule has 1 saturated carbocycles. The van der Waals surface area contributed by atoms with Crippen LogP contribution < -0.4 is 10.6 Å². The molecule has 0 unspecified atom stereocenters. The van der Waals surface area contributed by atoms with Gasteiger partial charge in [-0.1, -0.05) is 43.2 Å². The van der Waals surface area contributed by atoms with Gasteiger partial charge in [0.2, 0.25) is 0 Å². The van der Waals surface area contributed by atoms with Crippen LogP contribution in [0.4, 0.5) is 0 Å². The first-order valence-electron chi connectivity index (χ1n) is 10.9. The van der Waals surface area contributed by atoms with Crippen molar-refractivity contribution in [3.05, 3.63) is 42.4 Å². The number of rotatable bonds is 10. The fourth-order valence-corrected chi connectivity index (χ4v) is 4.05. The Morgan fingerprint density at radius 3 is 2.69 bits per heavy atom. The summed E-state index contributed by atoms with van der Waals surface area (Å²) >= 11 is 0. The number of hydrogen-bond donors (Lipinski definition) is 3. The maximum Gasteiger partial charge on any atom is 0.191 e. The lowest BCUT2D eigenvalue weighted by Gasteiger charge is -2.30. The molecule has 0 atom stereocenters. The Bertz CT molecular complexity index is 750. The quantitative estimate of drug-likeness (QED) is 0.320. The van der Waals surface area contributed by atoms with Gasteiger partial charge in [-0.3, -0.25) is 0 Å². The number of imidazole rings is 1. The first-order valence-corrected chi connectivity index (χ1v) is 10.9. The van der Waals surface area contributed by atoms with Gasteiger partial charge in [0.15, 0.2) is 5.96 Å². The summed E-state index contributed by atoms with van der Waals surface area (Å²) in [7, 11) is 0. The molecule has 0 radical (unpaired) electrons. The van der Waals surface area contributed by atoms with Crippen LogP contribution in [0.1, 0.15) is 51.8 Å². The number of H-pyrrole nitrogens is 1. The molecule has 1 heterocycles. The highest BCUT2D eigenvalue weighted by Gasteiger charge is 2.33. The standard InChI is InChI=1S/C23H35N5O/c1-3-24-22(27-18-23(12-8-9-13-23)14-15-29-4-2)26-17-21-25-16-20(28-21)19-10-6-5-7-11-19/h5-7,10-11,16H,3-4,8-9,12-15,17-18H2,1-2H3,(H,25,28)(H2,24,26,27). The molecule has 0 spiro atoms. The number of hydrogen-bond acceptors (Lipinski definition) is 3. The molecule has 1 aliphatic carbocycles. The number of nitrogens with one attached hydrogen (secondary N) is 3. The zero-order valence-electron chi connectivity index (χ0n) is 17.8. The number of aromatic nitrogens is 2. The third-order valence-corrected chi connectivity index (χ3v) is 5.72. The van der Waals surface area contributed by atoms with E-state index in [9.17, 15) is 0 Å². The predicted molar refractivity (Wildman–Crippen MR) is 119 cm³/mol. The molecule has 0 aliphatic heterocycles. The van der Waals surface area contributed by atoms with E-state index >= 15 is 0 Å². The van der Waals surface area contributed by atoms with E-state index in [4.69, 9.17) is 9.73 Å². The average Bonchev–Trinajstić information content (AvgIpc) is 3.41. The lowest BCUT2D eigenvalue weighted by atomic mass is 9.83. The van der Waals surface area contributed by atoms with Crippen LogP contribution in [0.2, 0.25) is 0 Å². The first-order chi connectivity index (χ1) is 14.2. The van der Waals surface area contributed by atoms with E-state index < -0.39 is 0 Å². The van der Waals surface area contributed by atoms with Gasteiger partial charge >= 0.3 is 0 Å². The monoisotopic (exact) mass is 397 g/mol. The normalized spacial score (nSPS) is 16.1. The Balaban J connectivity index is 1.59. The van der Waals surface area contributed by atoms with Crippen LogP contribution in [0.5, 0.6) is 0 Å². The lowest BCUT2D eigenvalue weighted by molar-refractivity contribution is 0.105. The largest absolute Gasteiger partial charge is 0.382 e. The Kier molecular flexibility index (Phi) is 8.11. The van der Waals surface area contributed by atoms with E-state index in [2.05, 4.69) is 46.6 Å². The smallest absolute Gasteiger partial charge is 0.191 e. The fraction of sp³-hybridized carbons (Fsp3) is 0.565. The topological polar surface area (TPSA) is 74.3 Å². The van der Waals surface area contributed by atoms with Gasteiger partial charge in [-0.05, 0) is 44.1 Å². The van der Waals surface area contributed by atoms with Crippen molar-refractivity contribution >= 4 is 5.96 Å². The molecule has 0 bridgehead atoms. The molecule has 1 fully saturated rings. The summed E-state index contributed by atoms with van der Waals surface area (Å²) in [6, 6.07) is 10.2. The molecular weight excluding hydrogens is 362 g/mol. The van der Waals surface area contributed by atoms with Gasteiger partial charge in [-0.25, -0.2) is 9.98 Å². The SMILES string of the molecule is CCNC(=NCc1ncc(-c2ccccc2)[nH]1)NCC1(CCOCC)CCCC1. The third kappa shape index (κ3) is 6.32. The molecule has 6 nitrogen and oxygen atoms in total. The second-order valence-electron chi connectivity index (χ2n) is 7.81. The fourth-order valence-electron chi connectivity index (χ4n) is 4.05. The second-order valence-corrected chi connectivity index (χ2v) is 7.81. The van der Waals surface area contributed by atoms with Crippen molar-refractivity contribution in [2.24, 2.45) is 10.4 Å². The van der Waals surface area contributed by atoms with E-state index in [1.807, 2.05) is 24.4 Å². The van der Waals surface area contributed by atoms with Gasteiger partial charge < -0.3 is 20.4 Å². The molecule has 2 aromatic rings. The van der Waals surface area contributed by atoms with Crippen LogP contribution in [-0.4, -0.2) is 42.2 Å². The molecule has 158 valence electrons. The number of ether oxygens (including phenoxy) is 1. The van der Waals surface area contributed by atoms with Gasteiger partial charge in [-0.15, -0.1) is 0 Å². The number of guanidine groups is 1. The zero-order chi connectivity index (χ0) is 20.4. The summed E-state index contributed by atoms with van der Waals surface area (Å²) in [4.78, 5) is 12.6.